The van der Waals surface area contributed by atoms with Crippen LogP contribution in [0.25, 0.3) is 0 Å². The minimum absolute atomic E-state index is 0.326. The second-order valence-electron chi connectivity index (χ2n) is 4.46. The van der Waals surface area contributed by atoms with Gasteiger partial charge in [-0.15, -0.1) is 0 Å². The third kappa shape index (κ3) is 3.92. The molecule has 0 saturated heterocycles. The number of anilines is 1. The Morgan fingerprint density at radius 1 is 1.43 bits per heavy atom. The molecule has 0 amide bonds. The average Bonchev–Trinajstić information content (AvgIpc) is 2.06. The highest BCUT2D eigenvalue weighted by Crippen LogP contribution is 2.20. The van der Waals surface area contributed by atoms with Crippen LogP contribution in [0.3, 0.4) is 0 Å². The van der Waals surface area contributed by atoms with Gasteiger partial charge in [0.2, 0.25) is 0 Å². The lowest BCUT2D eigenvalue weighted by Crippen LogP contribution is -2.13. The molecule has 14 heavy (non-hydrogen) atoms. The Kier molecular flexibility index (Phi) is 3.69. The van der Waals surface area contributed by atoms with Crippen molar-refractivity contribution in [2.75, 3.05) is 11.9 Å². The first kappa shape index (κ1) is 11.2. The normalized spacial score (nSPS) is 11.4. The molecule has 0 unspecified atom stereocenters. The van der Waals surface area contributed by atoms with Crippen molar-refractivity contribution in [1.82, 2.24) is 9.97 Å². The largest absolute Gasteiger partial charge is 0.369 e. The maximum Gasteiger partial charge on any atom is 0.148 e. The van der Waals surface area contributed by atoms with Gasteiger partial charge in [-0.3, -0.25) is 0 Å². The number of nitrogens with one attached hydrogen (secondary N) is 1. The number of rotatable bonds is 3. The zero-order chi connectivity index (χ0) is 10.6. The van der Waals surface area contributed by atoms with E-state index in [2.05, 4.69) is 36.1 Å². The van der Waals surface area contributed by atoms with Crippen LogP contribution >= 0.6 is 11.6 Å². The van der Waals surface area contributed by atoms with E-state index in [-0.39, 0.29) is 0 Å². The molecule has 1 aromatic rings. The molecular weight excluding hydrogens is 198 g/mol. The van der Waals surface area contributed by atoms with Crippen molar-refractivity contribution in [2.24, 2.45) is 5.41 Å². The molecule has 0 saturated carbocycles. The van der Waals surface area contributed by atoms with Crippen LogP contribution in [-0.2, 0) is 0 Å². The predicted octanol–water partition coefficient (Wildman–Crippen LogP) is 2.98. The lowest BCUT2D eigenvalue weighted by atomic mass is 9.92. The second kappa shape index (κ2) is 4.60. The number of hydrogen-bond donors (Lipinski definition) is 1. The average molecular weight is 214 g/mol. The van der Waals surface area contributed by atoms with Crippen molar-refractivity contribution in [3.05, 3.63) is 17.5 Å². The summed E-state index contributed by atoms with van der Waals surface area (Å²) in [7, 11) is 0. The third-order valence-electron chi connectivity index (χ3n) is 1.84. The quantitative estimate of drug-likeness (QED) is 0.839. The molecule has 1 heterocycles. The minimum atomic E-state index is 0.326. The Hall–Kier alpha value is -0.830. The molecule has 1 aromatic heterocycles. The summed E-state index contributed by atoms with van der Waals surface area (Å²) in [5, 5.41) is 3.76. The van der Waals surface area contributed by atoms with Gasteiger partial charge in [-0.2, -0.15) is 0 Å². The van der Waals surface area contributed by atoms with Gasteiger partial charge in [0.1, 0.15) is 17.2 Å². The van der Waals surface area contributed by atoms with E-state index < -0.39 is 0 Å². The predicted molar refractivity (Wildman–Crippen MR) is 59.6 cm³/mol. The SMILES string of the molecule is CC(C)(C)CCNc1ncncc1Cl. The maximum absolute atomic E-state index is 5.89. The first-order valence-electron chi connectivity index (χ1n) is 4.68. The molecule has 0 aliphatic rings. The van der Waals surface area contributed by atoms with Crippen LogP contribution in [0.15, 0.2) is 12.5 Å². The van der Waals surface area contributed by atoms with Gasteiger partial charge in [0.25, 0.3) is 0 Å². The molecule has 0 radical (unpaired) electrons. The zero-order valence-electron chi connectivity index (χ0n) is 8.84. The standard InChI is InChI=1S/C10H16ClN3/c1-10(2,3)4-5-13-9-8(11)6-12-7-14-9/h6-7H,4-5H2,1-3H3,(H,12,13,14). The van der Waals surface area contributed by atoms with Crippen LogP contribution in [-0.4, -0.2) is 16.5 Å². The number of halogens is 1. The molecule has 3 nitrogen and oxygen atoms in total. The number of hydrogen-bond acceptors (Lipinski definition) is 3. The number of aromatic nitrogens is 2. The van der Waals surface area contributed by atoms with Gasteiger partial charge in [-0.25, -0.2) is 9.97 Å². The molecule has 0 spiro atoms. The molecule has 4 heteroatoms. The topological polar surface area (TPSA) is 37.8 Å². The van der Waals surface area contributed by atoms with Gasteiger partial charge in [0, 0.05) is 6.54 Å². The molecule has 0 aromatic carbocycles. The lowest BCUT2D eigenvalue weighted by Gasteiger charge is -2.18. The summed E-state index contributed by atoms with van der Waals surface area (Å²) in [6.45, 7) is 7.49. The van der Waals surface area contributed by atoms with Crippen LogP contribution in [0.5, 0.6) is 0 Å². The molecule has 0 bridgehead atoms. The fourth-order valence-corrected chi connectivity index (χ4v) is 1.17. The molecule has 78 valence electrons. The van der Waals surface area contributed by atoms with E-state index in [1.165, 1.54) is 6.33 Å². The van der Waals surface area contributed by atoms with Gasteiger partial charge >= 0.3 is 0 Å². The van der Waals surface area contributed by atoms with Crippen LogP contribution < -0.4 is 5.32 Å². The summed E-state index contributed by atoms with van der Waals surface area (Å²) < 4.78 is 0. The molecule has 0 aliphatic heterocycles. The lowest BCUT2D eigenvalue weighted by molar-refractivity contribution is 0.389. The van der Waals surface area contributed by atoms with Crippen molar-refractivity contribution < 1.29 is 0 Å². The molecule has 0 aliphatic carbocycles. The summed E-state index contributed by atoms with van der Waals surface area (Å²) in [5.74, 6) is 0.714. The number of nitrogens with zero attached hydrogens (tertiary/aromatic N) is 2. The van der Waals surface area contributed by atoms with Crippen LogP contribution in [0.2, 0.25) is 5.02 Å². The molecule has 0 fully saturated rings. The zero-order valence-corrected chi connectivity index (χ0v) is 9.60. The van der Waals surface area contributed by atoms with E-state index in [9.17, 15) is 0 Å². The van der Waals surface area contributed by atoms with Crippen molar-refractivity contribution in [2.45, 2.75) is 27.2 Å². The van der Waals surface area contributed by atoms with E-state index >= 15 is 0 Å². The maximum atomic E-state index is 5.89. The van der Waals surface area contributed by atoms with Crippen LogP contribution in [0.4, 0.5) is 5.82 Å². The highest BCUT2D eigenvalue weighted by Gasteiger charge is 2.09. The molecule has 1 N–H and O–H groups in total. The Morgan fingerprint density at radius 3 is 2.71 bits per heavy atom. The second-order valence-corrected chi connectivity index (χ2v) is 4.86. The van der Waals surface area contributed by atoms with Gasteiger partial charge in [-0.05, 0) is 11.8 Å². The minimum Gasteiger partial charge on any atom is -0.369 e. The Morgan fingerprint density at radius 2 is 2.14 bits per heavy atom. The Labute approximate surface area is 89.9 Å². The summed E-state index contributed by atoms with van der Waals surface area (Å²) in [4.78, 5) is 7.86. The van der Waals surface area contributed by atoms with E-state index in [4.69, 9.17) is 11.6 Å². The van der Waals surface area contributed by atoms with Crippen LogP contribution in [0.1, 0.15) is 27.2 Å². The van der Waals surface area contributed by atoms with Crippen molar-refractivity contribution >= 4 is 17.4 Å². The fourth-order valence-electron chi connectivity index (χ4n) is 0.999. The summed E-state index contributed by atoms with van der Waals surface area (Å²) in [6, 6.07) is 0. The van der Waals surface area contributed by atoms with E-state index in [1.54, 1.807) is 6.20 Å². The summed E-state index contributed by atoms with van der Waals surface area (Å²) in [5.41, 5.74) is 0.326. The molecule has 0 atom stereocenters. The van der Waals surface area contributed by atoms with Gasteiger partial charge < -0.3 is 5.32 Å². The first-order valence-corrected chi connectivity index (χ1v) is 5.06. The van der Waals surface area contributed by atoms with Gasteiger partial charge in [0.15, 0.2) is 0 Å². The highest BCUT2D eigenvalue weighted by atomic mass is 35.5. The van der Waals surface area contributed by atoms with Crippen molar-refractivity contribution in [3.63, 3.8) is 0 Å². The summed E-state index contributed by atoms with van der Waals surface area (Å²) in [6.07, 6.45) is 4.16. The summed E-state index contributed by atoms with van der Waals surface area (Å²) >= 11 is 5.89. The third-order valence-corrected chi connectivity index (χ3v) is 2.11. The first-order chi connectivity index (χ1) is 6.49. The van der Waals surface area contributed by atoms with Gasteiger partial charge in [-0.1, -0.05) is 32.4 Å². The smallest absolute Gasteiger partial charge is 0.148 e. The van der Waals surface area contributed by atoms with Crippen molar-refractivity contribution in [3.8, 4) is 0 Å². The fraction of sp³-hybridized carbons (Fsp3) is 0.600. The highest BCUT2D eigenvalue weighted by molar-refractivity contribution is 6.32. The van der Waals surface area contributed by atoms with E-state index in [0.717, 1.165) is 13.0 Å². The Balaban J connectivity index is 2.43. The molecular formula is C10H16ClN3. The van der Waals surface area contributed by atoms with Gasteiger partial charge in [0.05, 0.1) is 6.20 Å². The van der Waals surface area contributed by atoms with E-state index in [1.807, 2.05) is 0 Å². The van der Waals surface area contributed by atoms with Crippen molar-refractivity contribution in [1.29, 1.82) is 0 Å². The van der Waals surface area contributed by atoms with Crippen LogP contribution in [0, 0.1) is 5.41 Å². The van der Waals surface area contributed by atoms with E-state index in [0.29, 0.717) is 16.3 Å². The monoisotopic (exact) mass is 213 g/mol. The molecule has 1 rings (SSSR count). The Bertz CT molecular complexity index is 294.